The third-order valence-corrected chi connectivity index (χ3v) is 6.30. The molecule has 5 heteroatoms. The number of carboxylic acids is 1. The number of rotatable bonds is 7. The molecule has 4 rings (SSSR count). The first kappa shape index (κ1) is 19.6. The van der Waals surface area contributed by atoms with E-state index in [9.17, 15) is 14.7 Å². The molecule has 5 nitrogen and oxygen atoms in total. The van der Waals surface area contributed by atoms with Gasteiger partial charge in [0.05, 0.1) is 6.61 Å². The second kappa shape index (κ2) is 7.99. The van der Waals surface area contributed by atoms with Gasteiger partial charge in [-0.3, -0.25) is 9.59 Å². The summed E-state index contributed by atoms with van der Waals surface area (Å²) in [5.41, 5.74) is 5.66. The quantitative estimate of drug-likeness (QED) is 0.667. The van der Waals surface area contributed by atoms with Crippen molar-refractivity contribution >= 4 is 11.9 Å². The lowest BCUT2D eigenvalue weighted by atomic mass is 9.88. The van der Waals surface area contributed by atoms with Gasteiger partial charge < -0.3 is 14.7 Å². The van der Waals surface area contributed by atoms with E-state index in [1.54, 1.807) is 4.90 Å². The van der Waals surface area contributed by atoms with Gasteiger partial charge >= 0.3 is 5.97 Å². The highest BCUT2D eigenvalue weighted by Gasteiger charge is 2.46. The molecule has 0 aromatic heterocycles. The van der Waals surface area contributed by atoms with Crippen molar-refractivity contribution in [2.75, 3.05) is 26.8 Å². The van der Waals surface area contributed by atoms with Gasteiger partial charge in [-0.15, -0.1) is 0 Å². The minimum atomic E-state index is -0.961. The number of carbonyl (C=O) groups is 2. The van der Waals surface area contributed by atoms with Crippen molar-refractivity contribution in [1.29, 1.82) is 0 Å². The Hall–Kier alpha value is -2.66. The molecule has 2 aliphatic rings. The zero-order valence-corrected chi connectivity index (χ0v) is 16.8. The van der Waals surface area contributed by atoms with Crippen molar-refractivity contribution < 1.29 is 19.4 Å². The molecule has 1 aliphatic carbocycles. The van der Waals surface area contributed by atoms with Crippen molar-refractivity contribution in [1.82, 2.24) is 4.90 Å². The lowest BCUT2D eigenvalue weighted by Crippen LogP contribution is -2.40. The molecular weight excluding hydrogens is 366 g/mol. The number of methoxy groups -OCH3 is 1. The van der Waals surface area contributed by atoms with E-state index >= 15 is 0 Å². The highest BCUT2D eigenvalue weighted by atomic mass is 16.5. The number of ether oxygens (including phenoxy) is 1. The van der Waals surface area contributed by atoms with Crippen LogP contribution in [-0.4, -0.2) is 48.7 Å². The Balaban J connectivity index is 1.34. The van der Waals surface area contributed by atoms with E-state index in [1.165, 1.54) is 34.9 Å². The summed E-state index contributed by atoms with van der Waals surface area (Å²) in [7, 11) is 1.50. The number of aryl methyl sites for hydroxylation is 1. The number of hydrogen-bond acceptors (Lipinski definition) is 3. The van der Waals surface area contributed by atoms with E-state index < -0.39 is 11.4 Å². The van der Waals surface area contributed by atoms with Crippen LogP contribution in [0.4, 0.5) is 0 Å². The van der Waals surface area contributed by atoms with Crippen LogP contribution in [0.25, 0.3) is 11.1 Å². The van der Waals surface area contributed by atoms with Gasteiger partial charge in [-0.05, 0) is 53.5 Å². The Labute approximate surface area is 171 Å². The van der Waals surface area contributed by atoms with E-state index in [4.69, 9.17) is 4.74 Å². The molecule has 1 atom stereocenters. The fraction of sp³-hybridized carbons (Fsp3) is 0.417. The fourth-order valence-corrected chi connectivity index (χ4v) is 4.64. The largest absolute Gasteiger partial charge is 0.481 e. The number of hydrogen-bond donors (Lipinski definition) is 1. The van der Waals surface area contributed by atoms with Crippen molar-refractivity contribution in [3.63, 3.8) is 0 Å². The first-order valence-corrected chi connectivity index (χ1v) is 10.2. The van der Waals surface area contributed by atoms with Crippen LogP contribution < -0.4 is 0 Å². The van der Waals surface area contributed by atoms with Crippen LogP contribution in [0.2, 0.25) is 0 Å². The van der Waals surface area contributed by atoms with Crippen LogP contribution >= 0.6 is 0 Å². The van der Waals surface area contributed by atoms with Crippen LogP contribution in [0.1, 0.15) is 36.0 Å². The number of benzene rings is 2. The fourth-order valence-electron chi connectivity index (χ4n) is 4.64. The Morgan fingerprint density at radius 2 is 1.93 bits per heavy atom. The molecule has 1 unspecified atom stereocenters. The lowest BCUT2D eigenvalue weighted by Gasteiger charge is -2.23. The highest BCUT2D eigenvalue weighted by Crippen LogP contribution is 2.37. The second-order valence-electron chi connectivity index (χ2n) is 8.26. The third kappa shape index (κ3) is 3.79. The summed E-state index contributed by atoms with van der Waals surface area (Å²) in [5, 5.41) is 9.55. The molecular formula is C24H27NO4. The van der Waals surface area contributed by atoms with Crippen LogP contribution in [0.15, 0.2) is 42.5 Å². The van der Waals surface area contributed by atoms with Gasteiger partial charge in [0.25, 0.3) is 0 Å². The summed E-state index contributed by atoms with van der Waals surface area (Å²) in [6, 6.07) is 15.2. The van der Waals surface area contributed by atoms with Crippen molar-refractivity contribution in [3.8, 4) is 11.1 Å². The third-order valence-electron chi connectivity index (χ3n) is 6.30. The number of fused-ring (bicyclic) bond motifs is 3. The number of aliphatic carboxylic acids is 1. The predicted octanol–water partition coefficient (Wildman–Crippen LogP) is 3.53. The van der Waals surface area contributed by atoms with E-state index in [2.05, 4.69) is 42.5 Å². The molecule has 1 heterocycles. The summed E-state index contributed by atoms with van der Waals surface area (Å²) >= 11 is 0. The molecule has 0 spiro atoms. The minimum absolute atomic E-state index is 0.0377. The predicted molar refractivity (Wildman–Crippen MR) is 111 cm³/mol. The number of carbonyl (C=O) groups excluding carboxylic acids is 1. The Kier molecular flexibility index (Phi) is 5.41. The van der Waals surface area contributed by atoms with Gasteiger partial charge in [0, 0.05) is 26.6 Å². The van der Waals surface area contributed by atoms with Crippen LogP contribution in [0.5, 0.6) is 0 Å². The average molecular weight is 393 g/mol. The van der Waals surface area contributed by atoms with Gasteiger partial charge in [-0.25, -0.2) is 0 Å². The molecule has 29 heavy (non-hydrogen) atoms. The number of likely N-dealkylation sites (tertiary alicyclic amines) is 1. The molecule has 2 aromatic rings. The first-order chi connectivity index (χ1) is 14.0. The maximum absolute atomic E-state index is 12.6. The van der Waals surface area contributed by atoms with Crippen LogP contribution in [0, 0.1) is 5.41 Å². The topological polar surface area (TPSA) is 66.8 Å². The van der Waals surface area contributed by atoms with E-state index in [0.717, 1.165) is 19.3 Å². The Morgan fingerprint density at radius 1 is 1.14 bits per heavy atom. The van der Waals surface area contributed by atoms with Gasteiger partial charge in [-0.1, -0.05) is 42.5 Å². The normalized spacial score (nSPS) is 19.8. The SMILES string of the molecule is COCC1(C(=O)O)CCN(C(=O)CCCc2ccc3c(c2)-c2ccccc2C3)C1. The molecule has 0 saturated carbocycles. The minimum Gasteiger partial charge on any atom is -0.481 e. The lowest BCUT2D eigenvalue weighted by molar-refractivity contribution is -0.151. The maximum Gasteiger partial charge on any atom is 0.313 e. The summed E-state index contributed by atoms with van der Waals surface area (Å²) in [6.45, 7) is 0.872. The molecule has 1 N–H and O–H groups in total. The summed E-state index contributed by atoms with van der Waals surface area (Å²) in [5.74, 6) is -0.844. The average Bonchev–Trinajstić information content (AvgIpc) is 3.31. The summed E-state index contributed by atoms with van der Waals surface area (Å²) in [6.07, 6.45) is 3.49. The summed E-state index contributed by atoms with van der Waals surface area (Å²) in [4.78, 5) is 25.9. The van der Waals surface area contributed by atoms with E-state index in [0.29, 0.717) is 19.4 Å². The Morgan fingerprint density at radius 3 is 2.72 bits per heavy atom. The van der Waals surface area contributed by atoms with Gasteiger partial charge in [-0.2, -0.15) is 0 Å². The summed E-state index contributed by atoms with van der Waals surface area (Å²) < 4.78 is 5.10. The molecule has 0 radical (unpaired) electrons. The molecule has 152 valence electrons. The smallest absolute Gasteiger partial charge is 0.313 e. The number of amides is 1. The first-order valence-electron chi connectivity index (χ1n) is 10.2. The van der Waals surface area contributed by atoms with Crippen LogP contribution in [0.3, 0.4) is 0 Å². The van der Waals surface area contributed by atoms with Gasteiger partial charge in [0.15, 0.2) is 0 Å². The standard InChI is InChI=1S/C24H27NO4/c1-29-16-24(23(27)28)11-12-25(15-24)22(26)8-4-5-17-9-10-19-14-18-6-2-3-7-20(18)21(19)13-17/h2-3,6-7,9-10,13H,4-5,8,11-12,14-16H2,1H3,(H,27,28). The Bertz CT molecular complexity index is 938. The van der Waals surface area contributed by atoms with E-state index in [-0.39, 0.29) is 19.1 Å². The molecule has 1 amide bonds. The molecule has 2 aromatic carbocycles. The number of nitrogens with zero attached hydrogens (tertiary/aromatic N) is 1. The zero-order valence-electron chi connectivity index (χ0n) is 16.8. The highest BCUT2D eigenvalue weighted by molar-refractivity contribution is 5.81. The van der Waals surface area contributed by atoms with Crippen LogP contribution in [-0.2, 0) is 27.2 Å². The van der Waals surface area contributed by atoms with Crippen molar-refractivity contribution in [2.45, 2.75) is 32.1 Å². The van der Waals surface area contributed by atoms with Crippen molar-refractivity contribution in [3.05, 3.63) is 59.2 Å². The monoisotopic (exact) mass is 393 g/mol. The van der Waals surface area contributed by atoms with Gasteiger partial charge in [0.2, 0.25) is 5.91 Å². The molecule has 1 aliphatic heterocycles. The second-order valence-corrected chi connectivity index (χ2v) is 8.26. The van der Waals surface area contributed by atoms with Crippen molar-refractivity contribution in [2.24, 2.45) is 5.41 Å². The van der Waals surface area contributed by atoms with E-state index in [1.807, 2.05) is 0 Å². The zero-order chi connectivity index (χ0) is 20.4. The molecule has 1 fully saturated rings. The maximum atomic E-state index is 12.6. The number of carboxylic acid groups (broad SMARTS) is 1. The molecule has 0 bridgehead atoms. The van der Waals surface area contributed by atoms with Gasteiger partial charge in [0.1, 0.15) is 5.41 Å². The molecule has 1 saturated heterocycles.